The Hall–Kier alpha value is -3.23. The minimum atomic E-state index is -1.28. The van der Waals surface area contributed by atoms with Crippen LogP contribution < -0.4 is 4.74 Å². The largest absolute Gasteiger partial charge is 0.420 e. The maximum Gasteiger partial charge on any atom is 0.343 e. The van der Waals surface area contributed by atoms with Gasteiger partial charge in [-0.15, -0.1) is 0 Å². The average Bonchev–Trinajstić information content (AvgIpc) is 3.74. The van der Waals surface area contributed by atoms with E-state index in [1.165, 1.54) is 36.4 Å². The van der Waals surface area contributed by atoms with E-state index < -0.39 is 47.2 Å². The van der Waals surface area contributed by atoms with Gasteiger partial charge >= 0.3 is 5.97 Å². The number of epoxide rings is 1. The summed E-state index contributed by atoms with van der Waals surface area (Å²) < 4.78 is 68.5. The van der Waals surface area contributed by atoms with Crippen molar-refractivity contribution in [1.82, 2.24) is 0 Å². The van der Waals surface area contributed by atoms with E-state index in [0.29, 0.717) is 30.6 Å². The quantitative estimate of drug-likeness (QED) is 0.169. The number of benzene rings is 3. The van der Waals surface area contributed by atoms with Crippen LogP contribution in [0.5, 0.6) is 5.75 Å². The van der Waals surface area contributed by atoms with Gasteiger partial charge in [0.15, 0.2) is 23.2 Å². The molecule has 1 saturated carbocycles. The van der Waals surface area contributed by atoms with Crippen molar-refractivity contribution < 1.29 is 36.9 Å². The third-order valence-corrected chi connectivity index (χ3v) is 7.40. The molecule has 0 spiro atoms. The number of hydrogen-bond acceptors (Lipinski definition) is 4. The molecule has 2 fully saturated rings. The molecular formula is C29H26F4O4. The highest BCUT2D eigenvalue weighted by atomic mass is 19.2. The second-order valence-electron chi connectivity index (χ2n) is 9.75. The van der Waals surface area contributed by atoms with Crippen LogP contribution in [0.25, 0.3) is 11.1 Å². The lowest BCUT2D eigenvalue weighted by Crippen LogP contribution is -2.23. The van der Waals surface area contributed by atoms with Crippen molar-refractivity contribution >= 4 is 5.97 Å². The molecule has 2 unspecified atom stereocenters. The fourth-order valence-electron chi connectivity index (χ4n) is 5.06. The van der Waals surface area contributed by atoms with Crippen molar-refractivity contribution in [1.29, 1.82) is 0 Å². The van der Waals surface area contributed by atoms with Gasteiger partial charge in [-0.3, -0.25) is 0 Å². The molecule has 3 aromatic carbocycles. The third-order valence-electron chi connectivity index (χ3n) is 7.40. The summed E-state index contributed by atoms with van der Waals surface area (Å²) in [6.07, 6.45) is 1.99. The second-order valence-corrected chi connectivity index (χ2v) is 9.75. The molecule has 4 nitrogen and oxygen atoms in total. The second kappa shape index (κ2) is 10.3. The summed E-state index contributed by atoms with van der Waals surface area (Å²) in [4.78, 5) is 12.5. The number of rotatable bonds is 6. The van der Waals surface area contributed by atoms with Crippen molar-refractivity contribution in [2.45, 2.75) is 50.7 Å². The molecule has 1 aliphatic carbocycles. The molecule has 1 saturated heterocycles. The van der Waals surface area contributed by atoms with Crippen LogP contribution in [0.15, 0.2) is 48.5 Å². The van der Waals surface area contributed by atoms with Gasteiger partial charge in [0.1, 0.15) is 6.10 Å². The molecule has 1 N–H and O–H groups in total. The molecule has 0 amide bonds. The van der Waals surface area contributed by atoms with E-state index in [1.54, 1.807) is 13.0 Å². The minimum absolute atomic E-state index is 0.0329. The highest BCUT2D eigenvalue weighted by Crippen LogP contribution is 2.40. The van der Waals surface area contributed by atoms with E-state index in [9.17, 15) is 18.7 Å². The van der Waals surface area contributed by atoms with Gasteiger partial charge in [0.2, 0.25) is 5.82 Å². The van der Waals surface area contributed by atoms with Crippen molar-refractivity contribution in [3.8, 4) is 16.9 Å². The molecule has 1 aliphatic heterocycles. The Bertz CT molecular complexity index is 1310. The third kappa shape index (κ3) is 5.13. The SMILES string of the molecule is CC(O)C1CCC(c2ccc(-c3ccc(C(=O)Oc4ccc(C5CO5)c(F)c4F)cc3)c(F)c2F)CC1. The molecule has 194 valence electrons. The molecule has 2 aliphatic rings. The van der Waals surface area contributed by atoms with Crippen molar-refractivity contribution in [3.63, 3.8) is 0 Å². The van der Waals surface area contributed by atoms with Gasteiger partial charge < -0.3 is 14.6 Å². The molecular weight excluding hydrogens is 488 g/mol. The van der Waals surface area contributed by atoms with Crippen LogP contribution >= 0.6 is 0 Å². The summed E-state index contributed by atoms with van der Waals surface area (Å²) in [5, 5.41) is 9.78. The average molecular weight is 515 g/mol. The number of aliphatic hydroxyl groups is 1. The Morgan fingerprint density at radius 2 is 1.49 bits per heavy atom. The molecule has 8 heteroatoms. The van der Waals surface area contributed by atoms with Crippen LogP contribution in [0.4, 0.5) is 17.6 Å². The van der Waals surface area contributed by atoms with E-state index in [4.69, 9.17) is 9.47 Å². The van der Waals surface area contributed by atoms with Crippen LogP contribution in [0, 0.1) is 29.2 Å². The van der Waals surface area contributed by atoms with Gasteiger partial charge in [-0.25, -0.2) is 18.0 Å². The smallest absolute Gasteiger partial charge is 0.343 e. The number of carbonyl (C=O) groups excluding carboxylic acids is 1. The summed E-state index contributed by atoms with van der Waals surface area (Å²) in [6.45, 7) is 2.06. The van der Waals surface area contributed by atoms with Crippen LogP contribution in [0.2, 0.25) is 0 Å². The Kier molecular flexibility index (Phi) is 7.05. The fourth-order valence-corrected chi connectivity index (χ4v) is 5.06. The Labute approximate surface area is 211 Å². The highest BCUT2D eigenvalue weighted by molar-refractivity contribution is 5.91. The topological polar surface area (TPSA) is 59.1 Å². The predicted molar refractivity (Wildman–Crippen MR) is 128 cm³/mol. The number of carbonyl (C=O) groups is 1. The lowest BCUT2D eigenvalue weighted by molar-refractivity contribution is 0.0726. The molecule has 5 rings (SSSR count). The zero-order valence-corrected chi connectivity index (χ0v) is 20.1. The summed E-state index contributed by atoms with van der Waals surface area (Å²) in [5.74, 6) is -5.67. The molecule has 1 heterocycles. The molecule has 0 radical (unpaired) electrons. The normalized spacial score (nSPS) is 21.9. The number of hydrogen-bond donors (Lipinski definition) is 1. The summed E-state index contributed by atoms with van der Waals surface area (Å²) in [6, 6.07) is 11.2. The van der Waals surface area contributed by atoms with Gasteiger partial charge in [-0.05, 0) is 79.8 Å². The predicted octanol–water partition coefficient (Wildman–Crippen LogP) is 6.86. The monoisotopic (exact) mass is 514 g/mol. The van der Waals surface area contributed by atoms with Gasteiger partial charge in [0.25, 0.3) is 0 Å². The lowest BCUT2D eigenvalue weighted by atomic mass is 9.76. The van der Waals surface area contributed by atoms with Crippen LogP contribution in [0.3, 0.4) is 0 Å². The van der Waals surface area contributed by atoms with Gasteiger partial charge in [-0.1, -0.05) is 24.3 Å². The van der Waals surface area contributed by atoms with Crippen molar-refractivity contribution in [3.05, 3.63) is 88.5 Å². The Morgan fingerprint density at radius 1 is 0.865 bits per heavy atom. The van der Waals surface area contributed by atoms with Gasteiger partial charge in [0, 0.05) is 11.1 Å². The Morgan fingerprint density at radius 3 is 2.11 bits per heavy atom. The zero-order valence-electron chi connectivity index (χ0n) is 20.1. The first-order valence-electron chi connectivity index (χ1n) is 12.3. The summed E-state index contributed by atoms with van der Waals surface area (Å²) >= 11 is 0. The van der Waals surface area contributed by atoms with Crippen LogP contribution in [-0.4, -0.2) is 23.8 Å². The van der Waals surface area contributed by atoms with E-state index in [-0.39, 0.29) is 28.5 Å². The van der Waals surface area contributed by atoms with Crippen LogP contribution in [-0.2, 0) is 4.74 Å². The number of aliphatic hydroxyl groups excluding tert-OH is 1. The fraction of sp³-hybridized carbons (Fsp3) is 0.345. The molecule has 2 atom stereocenters. The first-order chi connectivity index (χ1) is 17.7. The van der Waals surface area contributed by atoms with Crippen LogP contribution in [0.1, 0.15) is 66.1 Å². The molecule has 3 aromatic rings. The number of halogens is 4. The number of ether oxygens (including phenoxy) is 2. The van der Waals surface area contributed by atoms with E-state index >= 15 is 8.78 Å². The van der Waals surface area contributed by atoms with E-state index in [2.05, 4.69) is 0 Å². The molecule has 0 bridgehead atoms. The Balaban J connectivity index is 1.29. The lowest BCUT2D eigenvalue weighted by Gasteiger charge is -2.30. The number of esters is 1. The zero-order chi connectivity index (χ0) is 26.3. The van der Waals surface area contributed by atoms with Gasteiger partial charge in [-0.2, -0.15) is 4.39 Å². The first kappa shape index (κ1) is 25.4. The molecule has 37 heavy (non-hydrogen) atoms. The van der Waals surface area contributed by atoms with Gasteiger partial charge in [0.05, 0.1) is 18.3 Å². The highest BCUT2D eigenvalue weighted by Gasteiger charge is 2.31. The van der Waals surface area contributed by atoms with Crippen molar-refractivity contribution in [2.75, 3.05) is 6.61 Å². The van der Waals surface area contributed by atoms with E-state index in [0.717, 1.165) is 18.9 Å². The maximum absolute atomic E-state index is 15.0. The van der Waals surface area contributed by atoms with Crippen molar-refractivity contribution in [2.24, 2.45) is 5.92 Å². The first-order valence-corrected chi connectivity index (χ1v) is 12.3. The standard InChI is InChI=1S/C29H26F4O4/c1-15(34)16-2-4-17(5-3-16)20-10-11-21(26(31)25(20)30)18-6-8-19(9-7-18)29(35)37-23-13-12-22(24-14-36-24)27(32)28(23)33/h6-13,15-17,24,34H,2-5,14H2,1H3. The van der Waals surface area contributed by atoms with E-state index in [1.807, 2.05) is 0 Å². The summed E-state index contributed by atoms with van der Waals surface area (Å²) in [5.41, 5.74) is 0.826. The molecule has 0 aromatic heterocycles. The maximum atomic E-state index is 15.0. The summed E-state index contributed by atoms with van der Waals surface area (Å²) in [7, 11) is 0. The minimum Gasteiger partial charge on any atom is -0.420 e.